The first-order valence-electron chi connectivity index (χ1n) is 11.3. The Balaban J connectivity index is 1.72. The standard InChI is InChI=1S/C32H23F/c1-22-18-24(20-27(33)19-22)23-16-17-29-28-14-8-9-15-30(28)32(31(29)21-23,25-10-4-2-5-11-25)26-12-6-3-7-13-26/h2-21H,1H3. The van der Waals surface area contributed by atoms with E-state index in [-0.39, 0.29) is 5.82 Å². The Morgan fingerprint density at radius 1 is 0.515 bits per heavy atom. The average Bonchev–Trinajstić information content (AvgIpc) is 3.15. The van der Waals surface area contributed by atoms with Crippen molar-refractivity contribution in [2.24, 2.45) is 0 Å². The van der Waals surface area contributed by atoms with Crippen LogP contribution in [0.25, 0.3) is 22.3 Å². The van der Waals surface area contributed by atoms with Gasteiger partial charge in [0.05, 0.1) is 5.41 Å². The van der Waals surface area contributed by atoms with Crippen LogP contribution < -0.4 is 0 Å². The molecule has 0 saturated carbocycles. The van der Waals surface area contributed by atoms with Crippen LogP contribution >= 0.6 is 0 Å². The van der Waals surface area contributed by atoms with Gasteiger partial charge in [0.15, 0.2) is 0 Å². The Morgan fingerprint density at radius 2 is 1.12 bits per heavy atom. The molecule has 0 saturated heterocycles. The lowest BCUT2D eigenvalue weighted by Crippen LogP contribution is -2.28. The number of hydrogen-bond acceptors (Lipinski definition) is 0. The summed E-state index contributed by atoms with van der Waals surface area (Å²) in [6.45, 7) is 1.94. The molecule has 1 aliphatic rings. The molecule has 5 aromatic rings. The SMILES string of the molecule is Cc1cc(F)cc(-c2ccc3c(c2)C(c2ccccc2)(c2ccccc2)c2ccccc2-3)c1. The average molecular weight is 427 g/mol. The third-order valence-electron chi connectivity index (χ3n) is 6.83. The van der Waals surface area contributed by atoms with Crippen LogP contribution in [-0.4, -0.2) is 0 Å². The molecule has 33 heavy (non-hydrogen) atoms. The van der Waals surface area contributed by atoms with Crippen molar-refractivity contribution in [3.05, 3.63) is 155 Å². The third-order valence-corrected chi connectivity index (χ3v) is 6.83. The van der Waals surface area contributed by atoms with Gasteiger partial charge < -0.3 is 0 Å². The van der Waals surface area contributed by atoms with Gasteiger partial charge in [-0.3, -0.25) is 0 Å². The summed E-state index contributed by atoms with van der Waals surface area (Å²) in [7, 11) is 0. The molecule has 0 spiro atoms. The summed E-state index contributed by atoms with van der Waals surface area (Å²) in [5.74, 6) is -0.203. The van der Waals surface area contributed by atoms with E-state index in [0.29, 0.717) is 0 Å². The molecule has 0 aliphatic heterocycles. The van der Waals surface area contributed by atoms with Crippen LogP contribution in [0.2, 0.25) is 0 Å². The molecule has 0 amide bonds. The minimum absolute atomic E-state index is 0.203. The van der Waals surface area contributed by atoms with Gasteiger partial charge in [-0.15, -0.1) is 0 Å². The molecule has 0 fully saturated rings. The van der Waals surface area contributed by atoms with E-state index in [1.807, 2.05) is 6.92 Å². The summed E-state index contributed by atoms with van der Waals surface area (Å²) in [5.41, 5.74) is 9.88. The van der Waals surface area contributed by atoms with E-state index in [1.165, 1.54) is 33.4 Å². The normalized spacial score (nSPS) is 13.4. The lowest BCUT2D eigenvalue weighted by atomic mass is 9.67. The van der Waals surface area contributed by atoms with Gasteiger partial charge in [0.1, 0.15) is 5.82 Å². The van der Waals surface area contributed by atoms with Crippen LogP contribution in [0.1, 0.15) is 27.8 Å². The number of halogens is 1. The molecule has 1 aliphatic carbocycles. The van der Waals surface area contributed by atoms with Gasteiger partial charge in [-0.05, 0) is 75.2 Å². The summed E-state index contributed by atoms with van der Waals surface area (Å²) in [5, 5.41) is 0. The highest BCUT2D eigenvalue weighted by Gasteiger charge is 2.45. The van der Waals surface area contributed by atoms with E-state index in [4.69, 9.17) is 0 Å². The molecule has 0 aromatic heterocycles. The Kier molecular flexibility index (Phi) is 4.52. The zero-order chi connectivity index (χ0) is 22.4. The van der Waals surface area contributed by atoms with Crippen molar-refractivity contribution in [2.45, 2.75) is 12.3 Å². The summed E-state index contributed by atoms with van der Waals surface area (Å²) < 4.78 is 14.3. The second-order valence-electron chi connectivity index (χ2n) is 8.81. The van der Waals surface area contributed by atoms with Gasteiger partial charge in [-0.1, -0.05) is 103 Å². The Hall–Kier alpha value is -3.97. The van der Waals surface area contributed by atoms with E-state index in [0.717, 1.165) is 16.7 Å². The van der Waals surface area contributed by atoms with E-state index in [9.17, 15) is 4.39 Å². The van der Waals surface area contributed by atoms with Gasteiger partial charge in [0.2, 0.25) is 0 Å². The molecule has 0 atom stereocenters. The number of hydrogen-bond donors (Lipinski definition) is 0. The molecule has 6 rings (SSSR count). The van der Waals surface area contributed by atoms with E-state index in [1.54, 1.807) is 12.1 Å². The van der Waals surface area contributed by atoms with Crippen LogP contribution in [0, 0.1) is 12.7 Å². The highest BCUT2D eigenvalue weighted by molar-refractivity contribution is 5.88. The Morgan fingerprint density at radius 3 is 1.79 bits per heavy atom. The molecular formula is C32H23F. The monoisotopic (exact) mass is 426 g/mol. The van der Waals surface area contributed by atoms with Crippen LogP contribution in [0.3, 0.4) is 0 Å². The molecule has 5 aromatic carbocycles. The maximum Gasteiger partial charge on any atom is 0.124 e. The van der Waals surface area contributed by atoms with Crippen molar-refractivity contribution in [1.82, 2.24) is 0 Å². The minimum atomic E-state index is -0.438. The van der Waals surface area contributed by atoms with Crippen molar-refractivity contribution >= 4 is 0 Å². The van der Waals surface area contributed by atoms with Crippen LogP contribution in [0.5, 0.6) is 0 Å². The topological polar surface area (TPSA) is 0 Å². The van der Waals surface area contributed by atoms with Crippen LogP contribution in [-0.2, 0) is 5.41 Å². The maximum atomic E-state index is 14.3. The third kappa shape index (κ3) is 2.97. The number of fused-ring (bicyclic) bond motifs is 3. The molecule has 1 heteroatoms. The Labute approximate surface area is 194 Å². The fraction of sp³-hybridized carbons (Fsp3) is 0.0625. The number of benzene rings is 5. The first kappa shape index (κ1) is 19.7. The summed E-state index contributed by atoms with van der Waals surface area (Å²) in [4.78, 5) is 0. The number of aryl methyl sites for hydroxylation is 1. The second kappa shape index (κ2) is 7.56. The molecular weight excluding hydrogens is 403 g/mol. The van der Waals surface area contributed by atoms with Gasteiger partial charge in [0, 0.05) is 0 Å². The van der Waals surface area contributed by atoms with Crippen molar-refractivity contribution in [3.63, 3.8) is 0 Å². The molecule has 0 radical (unpaired) electrons. The van der Waals surface area contributed by atoms with E-state index < -0.39 is 5.41 Å². The van der Waals surface area contributed by atoms with Crippen molar-refractivity contribution in [3.8, 4) is 22.3 Å². The first-order valence-corrected chi connectivity index (χ1v) is 11.3. The lowest BCUT2D eigenvalue weighted by Gasteiger charge is -2.34. The number of rotatable bonds is 3. The quantitative estimate of drug-likeness (QED) is 0.268. The second-order valence-corrected chi connectivity index (χ2v) is 8.81. The predicted octanol–water partition coefficient (Wildman–Crippen LogP) is 8.16. The van der Waals surface area contributed by atoms with Crippen LogP contribution in [0.4, 0.5) is 4.39 Å². The molecule has 0 bridgehead atoms. The van der Waals surface area contributed by atoms with Crippen molar-refractivity contribution in [1.29, 1.82) is 0 Å². The van der Waals surface area contributed by atoms with E-state index >= 15 is 0 Å². The van der Waals surface area contributed by atoms with Crippen molar-refractivity contribution in [2.75, 3.05) is 0 Å². The first-order chi connectivity index (χ1) is 16.2. The molecule has 0 unspecified atom stereocenters. The van der Waals surface area contributed by atoms with Crippen LogP contribution in [0.15, 0.2) is 121 Å². The smallest absolute Gasteiger partial charge is 0.124 e. The zero-order valence-corrected chi connectivity index (χ0v) is 18.4. The zero-order valence-electron chi connectivity index (χ0n) is 18.4. The summed E-state index contributed by atoms with van der Waals surface area (Å²) in [6.07, 6.45) is 0. The minimum Gasteiger partial charge on any atom is -0.207 e. The molecule has 0 nitrogen and oxygen atoms in total. The van der Waals surface area contributed by atoms with Gasteiger partial charge in [0.25, 0.3) is 0 Å². The molecule has 0 N–H and O–H groups in total. The van der Waals surface area contributed by atoms with E-state index in [2.05, 4.69) is 109 Å². The molecule has 0 heterocycles. The Bertz CT molecular complexity index is 1410. The van der Waals surface area contributed by atoms with Gasteiger partial charge in [-0.25, -0.2) is 4.39 Å². The van der Waals surface area contributed by atoms with Gasteiger partial charge >= 0.3 is 0 Å². The highest BCUT2D eigenvalue weighted by atomic mass is 19.1. The summed E-state index contributed by atoms with van der Waals surface area (Å²) in [6, 6.07) is 42.0. The lowest BCUT2D eigenvalue weighted by molar-refractivity contribution is 0.627. The predicted molar refractivity (Wildman–Crippen MR) is 134 cm³/mol. The molecule has 158 valence electrons. The fourth-order valence-electron chi connectivity index (χ4n) is 5.53. The fourth-order valence-corrected chi connectivity index (χ4v) is 5.53. The largest absolute Gasteiger partial charge is 0.207 e. The highest BCUT2D eigenvalue weighted by Crippen LogP contribution is 2.56. The summed E-state index contributed by atoms with van der Waals surface area (Å²) >= 11 is 0. The maximum absolute atomic E-state index is 14.3. The van der Waals surface area contributed by atoms with Gasteiger partial charge in [-0.2, -0.15) is 0 Å². The van der Waals surface area contributed by atoms with Crippen molar-refractivity contribution < 1.29 is 4.39 Å².